The summed E-state index contributed by atoms with van der Waals surface area (Å²) in [4.78, 5) is 23.6. The number of carboxylic acids is 1. The van der Waals surface area contributed by atoms with Crippen LogP contribution in [0.3, 0.4) is 0 Å². The number of carboxylic acid groups (broad SMARTS) is 1. The lowest BCUT2D eigenvalue weighted by molar-refractivity contribution is -0.142. The molecular weight excluding hydrogens is 324 g/mol. The first-order valence-corrected chi connectivity index (χ1v) is 7.33. The molecule has 0 amide bonds. The standard InChI is InChI=1S/C15H17ClN2O5/c1-4-23-13(19)11-8-15(2,14(20)21)18(17-11)9-5-6-12(22-3)10(16)7-9/h5-7H,4,8H2,1-3H3,(H,20,21)/t15-/m1/s1. The highest BCUT2D eigenvalue weighted by Gasteiger charge is 2.48. The molecular formula is C15H17ClN2O5. The van der Waals surface area contributed by atoms with Gasteiger partial charge in [-0.05, 0) is 32.0 Å². The third-order valence-electron chi connectivity index (χ3n) is 3.55. The number of hydrogen-bond acceptors (Lipinski definition) is 6. The van der Waals surface area contributed by atoms with Gasteiger partial charge in [0.15, 0.2) is 5.54 Å². The maximum atomic E-state index is 11.9. The zero-order valence-corrected chi connectivity index (χ0v) is 13.8. The van der Waals surface area contributed by atoms with Crippen LogP contribution < -0.4 is 9.75 Å². The molecule has 1 aliphatic heterocycles. The number of aliphatic carboxylic acids is 1. The van der Waals surface area contributed by atoms with Crippen LogP contribution in [0, 0.1) is 0 Å². The molecule has 0 bridgehead atoms. The molecule has 124 valence electrons. The van der Waals surface area contributed by atoms with Crippen molar-refractivity contribution in [1.29, 1.82) is 0 Å². The molecule has 23 heavy (non-hydrogen) atoms. The second kappa shape index (κ2) is 6.45. The summed E-state index contributed by atoms with van der Waals surface area (Å²) in [5.74, 6) is -1.27. The van der Waals surface area contributed by atoms with Crippen molar-refractivity contribution >= 4 is 34.9 Å². The number of benzene rings is 1. The minimum absolute atomic E-state index is 0.0590. The fraction of sp³-hybridized carbons (Fsp3) is 0.400. The van der Waals surface area contributed by atoms with E-state index < -0.39 is 17.5 Å². The summed E-state index contributed by atoms with van der Waals surface area (Å²) >= 11 is 6.09. The molecule has 1 aliphatic rings. The van der Waals surface area contributed by atoms with Gasteiger partial charge in [0.25, 0.3) is 0 Å². The van der Waals surface area contributed by atoms with E-state index in [2.05, 4.69) is 5.10 Å². The third kappa shape index (κ3) is 3.10. The van der Waals surface area contributed by atoms with Gasteiger partial charge in [0.05, 0.1) is 24.4 Å². The third-order valence-corrected chi connectivity index (χ3v) is 3.85. The number of halogens is 1. The number of rotatable bonds is 5. The van der Waals surface area contributed by atoms with E-state index in [9.17, 15) is 14.7 Å². The Bertz CT molecular complexity index is 676. The van der Waals surface area contributed by atoms with E-state index in [1.54, 1.807) is 25.1 Å². The lowest BCUT2D eigenvalue weighted by Crippen LogP contribution is -2.47. The molecule has 2 rings (SSSR count). The van der Waals surface area contributed by atoms with Gasteiger partial charge >= 0.3 is 11.9 Å². The molecule has 1 aromatic carbocycles. The van der Waals surface area contributed by atoms with Crippen molar-refractivity contribution in [2.75, 3.05) is 18.7 Å². The van der Waals surface area contributed by atoms with Gasteiger partial charge in [0, 0.05) is 6.42 Å². The maximum absolute atomic E-state index is 11.9. The Labute approximate surface area is 138 Å². The maximum Gasteiger partial charge on any atom is 0.354 e. The van der Waals surface area contributed by atoms with Gasteiger partial charge in [-0.1, -0.05) is 11.6 Å². The van der Waals surface area contributed by atoms with Gasteiger partial charge < -0.3 is 14.6 Å². The van der Waals surface area contributed by atoms with Crippen molar-refractivity contribution in [1.82, 2.24) is 0 Å². The molecule has 0 radical (unpaired) electrons. The van der Waals surface area contributed by atoms with E-state index in [1.165, 1.54) is 19.0 Å². The summed E-state index contributed by atoms with van der Waals surface area (Å²) in [6, 6.07) is 4.78. The summed E-state index contributed by atoms with van der Waals surface area (Å²) < 4.78 is 9.98. The van der Waals surface area contributed by atoms with Gasteiger partial charge in [-0.3, -0.25) is 0 Å². The Morgan fingerprint density at radius 1 is 1.48 bits per heavy atom. The number of nitrogens with zero attached hydrogens (tertiary/aromatic N) is 2. The predicted molar refractivity (Wildman–Crippen MR) is 85.2 cm³/mol. The van der Waals surface area contributed by atoms with Crippen LogP contribution in [0.15, 0.2) is 23.3 Å². The predicted octanol–water partition coefficient (Wildman–Crippen LogP) is 2.32. The van der Waals surface area contributed by atoms with E-state index in [4.69, 9.17) is 21.1 Å². The number of anilines is 1. The second-order valence-corrected chi connectivity index (χ2v) is 5.56. The molecule has 0 spiro atoms. The summed E-state index contributed by atoms with van der Waals surface area (Å²) in [5.41, 5.74) is -0.899. The van der Waals surface area contributed by atoms with E-state index in [-0.39, 0.29) is 18.7 Å². The number of methoxy groups -OCH3 is 1. The highest BCUT2D eigenvalue weighted by Crippen LogP contribution is 2.37. The van der Waals surface area contributed by atoms with Crippen LogP contribution in [0.25, 0.3) is 0 Å². The zero-order chi connectivity index (χ0) is 17.2. The Morgan fingerprint density at radius 2 is 2.17 bits per heavy atom. The van der Waals surface area contributed by atoms with Crippen molar-refractivity contribution in [3.05, 3.63) is 23.2 Å². The molecule has 8 heteroatoms. The van der Waals surface area contributed by atoms with Crippen molar-refractivity contribution < 1.29 is 24.2 Å². The summed E-state index contributed by atoms with van der Waals surface area (Å²) in [5, 5.41) is 15.3. The molecule has 0 fully saturated rings. The first-order valence-electron chi connectivity index (χ1n) is 6.95. The zero-order valence-electron chi connectivity index (χ0n) is 13.0. The summed E-state index contributed by atoms with van der Waals surface area (Å²) in [6.07, 6.45) is -0.0647. The smallest absolute Gasteiger partial charge is 0.354 e. The highest BCUT2D eigenvalue weighted by atomic mass is 35.5. The van der Waals surface area contributed by atoms with Crippen LogP contribution in [0.2, 0.25) is 5.02 Å². The number of esters is 1. The first-order chi connectivity index (χ1) is 10.8. The normalized spacial score (nSPS) is 20.2. The molecule has 0 aliphatic carbocycles. The fourth-order valence-electron chi connectivity index (χ4n) is 2.29. The van der Waals surface area contributed by atoms with E-state index in [1.807, 2.05) is 0 Å². The SMILES string of the molecule is CCOC(=O)C1=NN(c2ccc(OC)c(Cl)c2)[C@@](C)(C(=O)O)C1. The number of carbonyl (C=O) groups is 2. The minimum Gasteiger partial charge on any atom is -0.495 e. The molecule has 1 atom stereocenters. The van der Waals surface area contributed by atoms with Crippen molar-refractivity contribution in [2.45, 2.75) is 25.8 Å². The number of ether oxygens (including phenoxy) is 2. The quantitative estimate of drug-likeness (QED) is 0.827. The van der Waals surface area contributed by atoms with Gasteiger partial charge in [0.1, 0.15) is 11.5 Å². The van der Waals surface area contributed by atoms with Crippen molar-refractivity contribution in [3.63, 3.8) is 0 Å². The van der Waals surface area contributed by atoms with E-state index in [0.29, 0.717) is 16.5 Å². The average Bonchev–Trinajstić information content (AvgIpc) is 2.87. The molecule has 0 saturated heterocycles. The van der Waals surface area contributed by atoms with Crippen LogP contribution in [0.4, 0.5) is 5.69 Å². The van der Waals surface area contributed by atoms with Crippen molar-refractivity contribution in [2.24, 2.45) is 5.10 Å². The van der Waals surface area contributed by atoms with Gasteiger partial charge in [-0.15, -0.1) is 0 Å². The first kappa shape index (κ1) is 17.1. The largest absolute Gasteiger partial charge is 0.495 e. The van der Waals surface area contributed by atoms with Gasteiger partial charge in [-0.25, -0.2) is 14.6 Å². The summed E-state index contributed by atoms with van der Waals surface area (Å²) in [6.45, 7) is 3.35. The Balaban J connectivity index is 2.44. The second-order valence-electron chi connectivity index (χ2n) is 5.15. The van der Waals surface area contributed by atoms with Crippen LogP contribution in [-0.2, 0) is 14.3 Å². The van der Waals surface area contributed by atoms with E-state index >= 15 is 0 Å². The van der Waals surface area contributed by atoms with Crippen LogP contribution in [-0.4, -0.2) is 42.0 Å². The number of carbonyl (C=O) groups excluding carboxylic acids is 1. The monoisotopic (exact) mass is 340 g/mol. The molecule has 0 unspecified atom stereocenters. The topological polar surface area (TPSA) is 88.4 Å². The molecule has 1 N–H and O–H groups in total. The lowest BCUT2D eigenvalue weighted by atomic mass is 9.95. The fourth-order valence-corrected chi connectivity index (χ4v) is 2.54. The van der Waals surface area contributed by atoms with Crippen molar-refractivity contribution in [3.8, 4) is 5.75 Å². The van der Waals surface area contributed by atoms with Gasteiger partial charge in [-0.2, -0.15) is 5.10 Å². The number of hydrogen-bond donors (Lipinski definition) is 1. The van der Waals surface area contributed by atoms with Crippen LogP contribution >= 0.6 is 11.6 Å². The highest BCUT2D eigenvalue weighted by molar-refractivity contribution is 6.38. The molecule has 1 aromatic rings. The Hall–Kier alpha value is -2.28. The molecule has 1 heterocycles. The molecule has 7 nitrogen and oxygen atoms in total. The lowest BCUT2D eigenvalue weighted by Gasteiger charge is -2.30. The average molecular weight is 341 g/mol. The van der Waals surface area contributed by atoms with E-state index in [0.717, 1.165) is 0 Å². The summed E-state index contributed by atoms with van der Waals surface area (Å²) in [7, 11) is 1.48. The van der Waals surface area contributed by atoms with Gasteiger partial charge in [0.2, 0.25) is 0 Å². The number of hydrazone groups is 1. The van der Waals surface area contributed by atoms with Crippen LogP contribution in [0.5, 0.6) is 5.75 Å². The molecule has 0 saturated carbocycles. The molecule has 0 aromatic heterocycles. The minimum atomic E-state index is -1.40. The van der Waals surface area contributed by atoms with Crippen LogP contribution in [0.1, 0.15) is 20.3 Å². The Kier molecular flexibility index (Phi) is 4.79. The Morgan fingerprint density at radius 3 is 2.70 bits per heavy atom.